The molecule has 1 aliphatic heterocycles. The summed E-state index contributed by atoms with van der Waals surface area (Å²) >= 11 is 0. The van der Waals surface area contributed by atoms with Gasteiger partial charge in [0.1, 0.15) is 0 Å². The molecule has 5 heteroatoms. The van der Waals surface area contributed by atoms with Gasteiger partial charge in [0.05, 0.1) is 13.1 Å². The highest BCUT2D eigenvalue weighted by molar-refractivity contribution is 5.94. The molecule has 0 radical (unpaired) electrons. The predicted molar refractivity (Wildman–Crippen MR) is 75.3 cm³/mol. The molecule has 0 spiro atoms. The molecule has 3 fully saturated rings. The molecule has 5 nitrogen and oxygen atoms in total. The molecule has 0 aromatic rings. The molecule has 0 aromatic heterocycles. The maximum Gasteiger partial charge on any atom is 0.321 e. The summed E-state index contributed by atoms with van der Waals surface area (Å²) in [5.74, 6) is 1.57. The van der Waals surface area contributed by atoms with E-state index in [-0.39, 0.29) is 11.9 Å². The minimum atomic E-state index is -0.315. The smallest absolute Gasteiger partial charge is 0.321 e. The van der Waals surface area contributed by atoms with E-state index in [1.807, 2.05) is 0 Å². The van der Waals surface area contributed by atoms with Gasteiger partial charge in [-0.3, -0.25) is 10.1 Å². The number of nitrogens with one attached hydrogen (secondary N) is 3. The van der Waals surface area contributed by atoms with E-state index in [9.17, 15) is 9.59 Å². The Labute approximate surface area is 120 Å². The Balaban J connectivity index is 1.40. The van der Waals surface area contributed by atoms with Crippen molar-refractivity contribution >= 4 is 11.9 Å². The highest BCUT2D eigenvalue weighted by Crippen LogP contribution is 2.32. The van der Waals surface area contributed by atoms with Crippen LogP contribution in [-0.2, 0) is 4.79 Å². The molecular weight excluding hydrogens is 254 g/mol. The van der Waals surface area contributed by atoms with E-state index < -0.39 is 0 Å². The van der Waals surface area contributed by atoms with E-state index in [0.29, 0.717) is 12.6 Å². The van der Waals surface area contributed by atoms with Crippen LogP contribution in [0.4, 0.5) is 4.79 Å². The quantitative estimate of drug-likeness (QED) is 0.685. The second-order valence-electron chi connectivity index (χ2n) is 6.77. The van der Waals surface area contributed by atoms with E-state index in [1.165, 1.54) is 37.0 Å². The topological polar surface area (TPSA) is 62.6 Å². The molecule has 2 saturated carbocycles. The van der Waals surface area contributed by atoms with Crippen molar-refractivity contribution in [1.29, 1.82) is 0 Å². The number of carbonyl (C=O) groups excluding carboxylic acids is 2. The predicted octanol–water partition coefficient (Wildman–Crippen LogP) is 0.0696. The van der Waals surface area contributed by atoms with Crippen LogP contribution >= 0.6 is 0 Å². The summed E-state index contributed by atoms with van der Waals surface area (Å²) in [4.78, 5) is 24.8. The van der Waals surface area contributed by atoms with Crippen molar-refractivity contribution in [2.24, 2.45) is 11.8 Å². The third kappa shape index (κ3) is 3.72. The summed E-state index contributed by atoms with van der Waals surface area (Å²) in [6.07, 6.45) is 8.79. The zero-order valence-electron chi connectivity index (χ0n) is 12.1. The largest absolute Gasteiger partial charge is 0.335 e. The summed E-state index contributed by atoms with van der Waals surface area (Å²) in [6, 6.07) is -0.0161. The highest BCUT2D eigenvalue weighted by Gasteiger charge is 2.34. The molecular formula is C15H26N3O2+. The fraction of sp³-hybridized carbons (Fsp3) is 0.867. The second-order valence-corrected chi connectivity index (χ2v) is 6.77. The van der Waals surface area contributed by atoms with Gasteiger partial charge in [0.15, 0.2) is 6.54 Å². The number of quaternary nitrogens is 1. The first-order valence-corrected chi connectivity index (χ1v) is 8.14. The Bertz CT molecular complexity index is 381. The standard InChI is InChI=1S/C15H25N3O2/c19-14(17-15(20)16-13-5-6-13)10-18-8-7-11-3-1-2-4-12(11)9-18/h11-13H,1-10H2,(H2,16,17,19,20)/p+1/t11-,12+/m0/s1. The van der Waals surface area contributed by atoms with Crippen LogP contribution in [0.25, 0.3) is 0 Å². The second kappa shape index (κ2) is 6.12. The van der Waals surface area contributed by atoms with Gasteiger partial charge in [-0.25, -0.2) is 4.79 Å². The van der Waals surface area contributed by atoms with E-state index in [1.54, 1.807) is 0 Å². The summed E-state index contributed by atoms with van der Waals surface area (Å²) in [5, 5.41) is 5.25. The number of likely N-dealkylation sites (tertiary alicyclic amines) is 1. The third-order valence-electron chi connectivity index (χ3n) is 5.06. The fourth-order valence-electron chi connectivity index (χ4n) is 3.80. The SMILES string of the molecule is O=C(C[NH+]1CC[C@@H]2CCCC[C@@H]2C1)NC(=O)NC1CC1. The molecule has 1 saturated heterocycles. The normalized spacial score (nSPS) is 33.1. The first kappa shape index (κ1) is 13.9. The molecule has 0 bridgehead atoms. The van der Waals surface area contributed by atoms with Gasteiger partial charge < -0.3 is 10.2 Å². The number of urea groups is 1. The Hall–Kier alpha value is -1.10. The molecule has 1 heterocycles. The average molecular weight is 280 g/mol. The molecule has 3 N–H and O–H groups in total. The van der Waals surface area contributed by atoms with Crippen LogP contribution in [0.1, 0.15) is 44.9 Å². The van der Waals surface area contributed by atoms with Crippen LogP contribution in [0.2, 0.25) is 0 Å². The van der Waals surface area contributed by atoms with Gasteiger partial charge >= 0.3 is 6.03 Å². The molecule has 2 aliphatic carbocycles. The summed E-state index contributed by atoms with van der Waals surface area (Å²) in [5.41, 5.74) is 0. The number of imide groups is 1. The van der Waals surface area contributed by atoms with Crippen LogP contribution < -0.4 is 15.5 Å². The van der Waals surface area contributed by atoms with Crippen LogP contribution in [-0.4, -0.2) is 37.6 Å². The van der Waals surface area contributed by atoms with Crippen LogP contribution in [0.15, 0.2) is 0 Å². The Morgan fingerprint density at radius 2 is 1.75 bits per heavy atom. The zero-order valence-corrected chi connectivity index (χ0v) is 12.1. The van der Waals surface area contributed by atoms with Crippen molar-refractivity contribution in [3.05, 3.63) is 0 Å². The van der Waals surface area contributed by atoms with E-state index in [2.05, 4.69) is 10.6 Å². The van der Waals surface area contributed by atoms with Gasteiger partial charge in [0.25, 0.3) is 5.91 Å². The summed E-state index contributed by atoms with van der Waals surface area (Å²) < 4.78 is 0. The monoisotopic (exact) mass is 280 g/mol. The molecule has 3 atom stereocenters. The number of amides is 3. The fourth-order valence-corrected chi connectivity index (χ4v) is 3.80. The lowest BCUT2D eigenvalue weighted by Gasteiger charge is -2.38. The van der Waals surface area contributed by atoms with Gasteiger partial charge in [-0.05, 0) is 38.0 Å². The van der Waals surface area contributed by atoms with Crippen LogP contribution in [0.3, 0.4) is 0 Å². The lowest BCUT2D eigenvalue weighted by Crippen LogP contribution is -3.15. The minimum absolute atomic E-state index is 0.132. The maximum atomic E-state index is 11.9. The van der Waals surface area contributed by atoms with Crippen molar-refractivity contribution < 1.29 is 14.5 Å². The lowest BCUT2D eigenvalue weighted by atomic mass is 9.75. The third-order valence-corrected chi connectivity index (χ3v) is 5.06. The Morgan fingerprint density at radius 3 is 2.50 bits per heavy atom. The van der Waals surface area contributed by atoms with E-state index >= 15 is 0 Å². The molecule has 1 unspecified atom stereocenters. The Morgan fingerprint density at radius 1 is 1.00 bits per heavy atom. The summed E-state index contributed by atoms with van der Waals surface area (Å²) in [6.45, 7) is 2.64. The van der Waals surface area contributed by atoms with Gasteiger partial charge in [-0.15, -0.1) is 0 Å². The highest BCUT2D eigenvalue weighted by atomic mass is 16.2. The van der Waals surface area contributed by atoms with Crippen LogP contribution in [0, 0.1) is 11.8 Å². The number of piperidine rings is 1. The molecule has 3 amide bonds. The van der Waals surface area contributed by atoms with Crippen molar-refractivity contribution in [3.63, 3.8) is 0 Å². The average Bonchev–Trinajstić information content (AvgIpc) is 3.22. The lowest BCUT2D eigenvalue weighted by molar-refractivity contribution is -0.902. The molecule has 3 aliphatic rings. The van der Waals surface area contributed by atoms with Gasteiger partial charge in [0.2, 0.25) is 0 Å². The van der Waals surface area contributed by atoms with Crippen molar-refractivity contribution in [2.45, 2.75) is 51.0 Å². The summed E-state index contributed by atoms with van der Waals surface area (Å²) in [7, 11) is 0. The van der Waals surface area contributed by atoms with E-state index in [0.717, 1.165) is 37.8 Å². The number of carbonyl (C=O) groups is 2. The van der Waals surface area contributed by atoms with E-state index in [4.69, 9.17) is 0 Å². The first-order chi connectivity index (χ1) is 9.70. The number of fused-ring (bicyclic) bond motifs is 1. The van der Waals surface area contributed by atoms with Gasteiger partial charge in [-0.1, -0.05) is 12.8 Å². The number of hydrogen-bond donors (Lipinski definition) is 3. The molecule has 20 heavy (non-hydrogen) atoms. The zero-order chi connectivity index (χ0) is 13.9. The van der Waals surface area contributed by atoms with Crippen molar-refractivity contribution in [1.82, 2.24) is 10.6 Å². The Kier molecular flexibility index (Phi) is 4.24. The molecule has 112 valence electrons. The minimum Gasteiger partial charge on any atom is -0.335 e. The number of rotatable bonds is 3. The van der Waals surface area contributed by atoms with Crippen LogP contribution in [0.5, 0.6) is 0 Å². The maximum absolute atomic E-state index is 11.9. The van der Waals surface area contributed by atoms with Crippen molar-refractivity contribution in [3.8, 4) is 0 Å². The van der Waals surface area contributed by atoms with Crippen molar-refractivity contribution in [2.75, 3.05) is 19.6 Å². The molecule has 0 aromatic carbocycles. The van der Waals surface area contributed by atoms with Gasteiger partial charge in [-0.2, -0.15) is 0 Å². The first-order valence-electron chi connectivity index (χ1n) is 8.14. The number of hydrogen-bond acceptors (Lipinski definition) is 2. The molecule has 3 rings (SSSR count). The van der Waals surface area contributed by atoms with Gasteiger partial charge in [0, 0.05) is 12.0 Å².